The van der Waals surface area contributed by atoms with Crippen molar-refractivity contribution >= 4 is 6.09 Å². The van der Waals surface area contributed by atoms with Gasteiger partial charge < -0.3 is 15.0 Å². The lowest BCUT2D eigenvalue weighted by atomic mass is 10.0. The number of carbonyl (C=O) groups excluding carboxylic acids is 1. The second-order valence-corrected chi connectivity index (χ2v) is 5.07. The molecule has 1 aromatic rings. The van der Waals surface area contributed by atoms with Crippen LogP contribution in [0.4, 0.5) is 4.79 Å². The highest BCUT2D eigenvalue weighted by Gasteiger charge is 2.30. The van der Waals surface area contributed by atoms with Crippen molar-refractivity contribution in [1.29, 1.82) is 0 Å². The summed E-state index contributed by atoms with van der Waals surface area (Å²) in [5.41, 5.74) is 1.15. The third kappa shape index (κ3) is 3.47. The number of benzene rings is 1. The summed E-state index contributed by atoms with van der Waals surface area (Å²) in [6.07, 6.45) is 0.832. The van der Waals surface area contributed by atoms with Gasteiger partial charge in [-0.3, -0.25) is 0 Å². The summed E-state index contributed by atoms with van der Waals surface area (Å²) in [6, 6.07) is 10.1. The van der Waals surface area contributed by atoms with E-state index >= 15 is 0 Å². The molecule has 0 spiro atoms. The van der Waals surface area contributed by atoms with Gasteiger partial charge in [-0.15, -0.1) is 0 Å². The summed E-state index contributed by atoms with van der Waals surface area (Å²) in [6.45, 7) is 4.32. The lowest BCUT2D eigenvalue weighted by Crippen LogP contribution is -2.44. The molecule has 1 amide bonds. The molecule has 4 heteroatoms. The van der Waals surface area contributed by atoms with Gasteiger partial charge in [0.15, 0.2) is 0 Å². The average molecular weight is 262 g/mol. The van der Waals surface area contributed by atoms with E-state index in [-0.39, 0.29) is 12.1 Å². The molecule has 2 unspecified atom stereocenters. The van der Waals surface area contributed by atoms with Crippen LogP contribution in [0.5, 0.6) is 0 Å². The maximum atomic E-state index is 11.9. The van der Waals surface area contributed by atoms with Crippen molar-refractivity contribution in [2.75, 3.05) is 26.7 Å². The smallest absolute Gasteiger partial charge is 0.410 e. The Hall–Kier alpha value is -1.55. The van der Waals surface area contributed by atoms with Crippen LogP contribution in [0.2, 0.25) is 0 Å². The van der Waals surface area contributed by atoms with Crippen molar-refractivity contribution in [3.05, 3.63) is 35.9 Å². The summed E-state index contributed by atoms with van der Waals surface area (Å²) < 4.78 is 5.30. The van der Waals surface area contributed by atoms with Gasteiger partial charge in [-0.2, -0.15) is 0 Å². The lowest BCUT2D eigenvalue weighted by molar-refractivity contribution is 0.0267. The quantitative estimate of drug-likeness (QED) is 0.886. The lowest BCUT2D eigenvalue weighted by Gasteiger charge is -2.36. The van der Waals surface area contributed by atoms with Crippen molar-refractivity contribution in [2.45, 2.75) is 19.4 Å². The zero-order chi connectivity index (χ0) is 13.7. The first kappa shape index (κ1) is 13.9. The molecule has 1 aromatic carbocycles. The van der Waals surface area contributed by atoms with Crippen molar-refractivity contribution in [1.82, 2.24) is 10.2 Å². The molecule has 1 N–H and O–H groups in total. The Balaban J connectivity index is 2.02. The number of carbonyl (C=O) groups is 1. The maximum absolute atomic E-state index is 11.9. The number of nitrogens with zero attached hydrogens (tertiary/aromatic N) is 1. The van der Waals surface area contributed by atoms with Gasteiger partial charge in [0.1, 0.15) is 0 Å². The highest BCUT2D eigenvalue weighted by molar-refractivity contribution is 5.69. The summed E-state index contributed by atoms with van der Waals surface area (Å²) in [5.74, 6) is 0.413. The van der Waals surface area contributed by atoms with Crippen molar-refractivity contribution < 1.29 is 9.53 Å². The Kier molecular flexibility index (Phi) is 4.80. The number of amides is 1. The first-order valence-corrected chi connectivity index (χ1v) is 6.85. The van der Waals surface area contributed by atoms with Gasteiger partial charge in [-0.05, 0) is 32.5 Å². The summed E-state index contributed by atoms with van der Waals surface area (Å²) in [5, 5.41) is 3.14. The summed E-state index contributed by atoms with van der Waals surface area (Å²) in [4.78, 5) is 13.7. The first-order valence-electron chi connectivity index (χ1n) is 6.85. The number of hydrogen-bond acceptors (Lipinski definition) is 3. The fourth-order valence-corrected chi connectivity index (χ4v) is 2.43. The Morgan fingerprint density at radius 1 is 1.42 bits per heavy atom. The molecule has 1 aliphatic rings. The molecule has 0 radical (unpaired) electrons. The van der Waals surface area contributed by atoms with Gasteiger partial charge in [0.2, 0.25) is 0 Å². The van der Waals surface area contributed by atoms with Gasteiger partial charge in [0.25, 0.3) is 0 Å². The molecule has 1 heterocycles. The zero-order valence-corrected chi connectivity index (χ0v) is 11.6. The van der Waals surface area contributed by atoms with Gasteiger partial charge in [0.05, 0.1) is 12.6 Å². The molecule has 1 fully saturated rings. The third-order valence-electron chi connectivity index (χ3n) is 3.68. The SMILES string of the molecule is CNCCC1COC(=O)N(C(C)c2ccccc2)C1. The number of cyclic esters (lactones) is 1. The molecule has 2 rings (SSSR count). The first-order chi connectivity index (χ1) is 9.22. The van der Waals surface area contributed by atoms with Crippen LogP contribution in [-0.2, 0) is 4.74 Å². The Labute approximate surface area is 114 Å². The third-order valence-corrected chi connectivity index (χ3v) is 3.68. The van der Waals surface area contributed by atoms with Crippen molar-refractivity contribution in [2.24, 2.45) is 5.92 Å². The van der Waals surface area contributed by atoms with E-state index in [2.05, 4.69) is 24.4 Å². The predicted molar refractivity (Wildman–Crippen MR) is 74.9 cm³/mol. The number of rotatable bonds is 5. The number of ether oxygens (including phenoxy) is 1. The monoisotopic (exact) mass is 262 g/mol. The van der Waals surface area contributed by atoms with Gasteiger partial charge in [0, 0.05) is 12.5 Å². The van der Waals surface area contributed by atoms with E-state index in [1.54, 1.807) is 0 Å². The van der Waals surface area contributed by atoms with Gasteiger partial charge >= 0.3 is 6.09 Å². The highest BCUT2D eigenvalue weighted by atomic mass is 16.6. The fraction of sp³-hybridized carbons (Fsp3) is 0.533. The van der Waals surface area contributed by atoms with Gasteiger partial charge in [-0.25, -0.2) is 4.79 Å². The van der Waals surface area contributed by atoms with E-state index in [1.807, 2.05) is 30.1 Å². The molecule has 0 saturated carbocycles. The number of hydrogen-bond donors (Lipinski definition) is 1. The number of nitrogens with one attached hydrogen (secondary N) is 1. The highest BCUT2D eigenvalue weighted by Crippen LogP contribution is 2.25. The Morgan fingerprint density at radius 3 is 2.84 bits per heavy atom. The average Bonchev–Trinajstić information content (AvgIpc) is 2.46. The molecule has 0 aromatic heterocycles. The molecular formula is C15H22N2O2. The van der Waals surface area contributed by atoms with Crippen LogP contribution in [0.25, 0.3) is 0 Å². The van der Waals surface area contributed by atoms with E-state index in [0.717, 1.165) is 25.1 Å². The van der Waals surface area contributed by atoms with Crippen molar-refractivity contribution in [3.8, 4) is 0 Å². The standard InChI is InChI=1S/C15H22N2O2/c1-12(14-6-4-3-5-7-14)17-10-13(8-9-16-2)11-19-15(17)18/h3-7,12-13,16H,8-11H2,1-2H3. The molecule has 0 bridgehead atoms. The second kappa shape index (κ2) is 6.57. The van der Waals surface area contributed by atoms with E-state index in [9.17, 15) is 4.79 Å². The van der Waals surface area contributed by atoms with Crippen LogP contribution in [0, 0.1) is 5.92 Å². The van der Waals surface area contributed by atoms with E-state index in [0.29, 0.717) is 12.5 Å². The molecule has 0 aliphatic carbocycles. The molecule has 1 aliphatic heterocycles. The molecule has 1 saturated heterocycles. The van der Waals surface area contributed by atoms with E-state index in [1.165, 1.54) is 0 Å². The minimum absolute atomic E-state index is 0.0612. The topological polar surface area (TPSA) is 41.6 Å². The van der Waals surface area contributed by atoms with Crippen LogP contribution in [0.3, 0.4) is 0 Å². The molecule has 104 valence electrons. The molecule has 2 atom stereocenters. The van der Waals surface area contributed by atoms with Gasteiger partial charge in [-0.1, -0.05) is 30.3 Å². The molecule has 4 nitrogen and oxygen atoms in total. The summed E-state index contributed by atoms with van der Waals surface area (Å²) in [7, 11) is 1.94. The molecular weight excluding hydrogens is 240 g/mol. The normalized spacial score (nSPS) is 21.1. The maximum Gasteiger partial charge on any atom is 0.410 e. The van der Waals surface area contributed by atoms with Crippen LogP contribution in [0.15, 0.2) is 30.3 Å². The van der Waals surface area contributed by atoms with E-state index < -0.39 is 0 Å². The molecule has 19 heavy (non-hydrogen) atoms. The largest absolute Gasteiger partial charge is 0.449 e. The second-order valence-electron chi connectivity index (χ2n) is 5.07. The minimum atomic E-state index is -0.197. The van der Waals surface area contributed by atoms with E-state index in [4.69, 9.17) is 4.74 Å². The van der Waals surface area contributed by atoms with Crippen LogP contribution < -0.4 is 5.32 Å². The Morgan fingerprint density at radius 2 is 2.16 bits per heavy atom. The van der Waals surface area contributed by atoms with Crippen LogP contribution >= 0.6 is 0 Å². The fourth-order valence-electron chi connectivity index (χ4n) is 2.43. The summed E-state index contributed by atoms with van der Waals surface area (Å²) >= 11 is 0. The minimum Gasteiger partial charge on any atom is -0.449 e. The van der Waals surface area contributed by atoms with Crippen molar-refractivity contribution in [3.63, 3.8) is 0 Å². The Bertz CT molecular complexity index is 408. The predicted octanol–water partition coefficient (Wildman–Crippen LogP) is 2.43. The van der Waals surface area contributed by atoms with Crippen LogP contribution in [-0.4, -0.2) is 37.7 Å². The van der Waals surface area contributed by atoms with Crippen LogP contribution in [0.1, 0.15) is 24.9 Å². The zero-order valence-electron chi connectivity index (χ0n) is 11.6.